The second kappa shape index (κ2) is 14.0. The average molecular weight is 522 g/mol. The maximum atomic E-state index is 12.8. The van der Waals surface area contributed by atoms with E-state index in [0.29, 0.717) is 11.1 Å². The maximum Gasteiger partial charge on any atom is 0.408 e. The van der Waals surface area contributed by atoms with E-state index < -0.39 is 31.9 Å². The van der Waals surface area contributed by atoms with Gasteiger partial charge in [-0.1, -0.05) is 72.8 Å². The van der Waals surface area contributed by atoms with Gasteiger partial charge in [-0.05, 0) is 35.2 Å². The lowest BCUT2D eigenvalue weighted by Crippen LogP contribution is -2.42. The van der Waals surface area contributed by atoms with Gasteiger partial charge in [-0.25, -0.2) is 9.59 Å². The molecule has 1 amide bonds. The molecule has 9 nitrogen and oxygen atoms in total. The minimum Gasteiger partial charge on any atom is -0.459 e. The fourth-order valence-corrected chi connectivity index (χ4v) is 4.26. The Morgan fingerprint density at radius 2 is 1.38 bits per heavy atom. The van der Waals surface area contributed by atoms with Gasteiger partial charge in [0.05, 0.1) is 24.4 Å². The fraction of sp³-hybridized carbons (Fsp3) is 0.222. The third-order valence-electron chi connectivity index (χ3n) is 5.23. The van der Waals surface area contributed by atoms with E-state index in [1.165, 1.54) is 0 Å². The van der Waals surface area contributed by atoms with Crippen molar-refractivity contribution in [3.05, 3.63) is 107 Å². The van der Waals surface area contributed by atoms with Crippen LogP contribution in [-0.2, 0) is 43.2 Å². The first-order valence-electron chi connectivity index (χ1n) is 11.5. The average Bonchev–Trinajstić information content (AvgIpc) is 2.93. The summed E-state index contributed by atoms with van der Waals surface area (Å²) in [6, 6.07) is 25.1. The van der Waals surface area contributed by atoms with Gasteiger partial charge in [0.1, 0.15) is 19.3 Å². The number of amides is 1. The van der Waals surface area contributed by atoms with Gasteiger partial charge in [0.15, 0.2) is 0 Å². The van der Waals surface area contributed by atoms with Crippen LogP contribution in [-0.4, -0.2) is 29.2 Å². The number of rotatable bonds is 12. The summed E-state index contributed by atoms with van der Waals surface area (Å²) in [6.45, 7) is -0.192. The van der Waals surface area contributed by atoms with E-state index in [2.05, 4.69) is 5.32 Å². The van der Waals surface area contributed by atoms with Crippen molar-refractivity contribution in [2.45, 2.75) is 32.3 Å². The molecule has 0 aromatic heterocycles. The highest BCUT2D eigenvalue weighted by Crippen LogP contribution is 2.43. The molecule has 0 bridgehead atoms. The van der Waals surface area contributed by atoms with Crippen LogP contribution in [0.1, 0.15) is 28.7 Å². The van der Waals surface area contributed by atoms with Gasteiger partial charge in [0, 0.05) is 0 Å². The van der Waals surface area contributed by atoms with Crippen molar-refractivity contribution in [3.63, 3.8) is 0 Å². The molecule has 2 unspecified atom stereocenters. The number of alkyl carbamates (subject to hydrolysis) is 1. The predicted octanol–water partition coefficient (Wildman–Crippen LogP) is 4.69. The molecular weight excluding hydrogens is 495 g/mol. The van der Waals surface area contributed by atoms with Crippen molar-refractivity contribution < 1.29 is 33.0 Å². The molecule has 3 rings (SSSR count). The lowest BCUT2D eigenvalue weighted by atomic mass is 10.2. The Kier molecular flexibility index (Phi) is 10.4. The van der Waals surface area contributed by atoms with E-state index in [1.807, 2.05) is 18.2 Å². The molecule has 0 spiro atoms. The normalized spacial score (nSPS) is 13.0. The Labute approximate surface area is 215 Å². The third-order valence-corrected chi connectivity index (χ3v) is 6.59. The van der Waals surface area contributed by atoms with E-state index in [4.69, 9.17) is 19.3 Å². The number of ether oxygens (including phenoxy) is 2. The van der Waals surface area contributed by atoms with E-state index in [-0.39, 0.29) is 26.2 Å². The van der Waals surface area contributed by atoms with Crippen LogP contribution in [0.5, 0.6) is 0 Å². The SMILES string of the molecule is N#Cc1ccc(COP(=O)(O)CCC(NC(=O)OCc2ccccc2)C(=O)OCc2ccccc2)cc1. The fourth-order valence-electron chi connectivity index (χ4n) is 3.19. The molecule has 10 heteroatoms. The summed E-state index contributed by atoms with van der Waals surface area (Å²) >= 11 is 0. The van der Waals surface area contributed by atoms with Gasteiger partial charge in [-0.3, -0.25) is 4.57 Å². The molecule has 0 radical (unpaired) electrons. The third kappa shape index (κ3) is 9.90. The number of nitrogens with zero attached hydrogens (tertiary/aromatic N) is 1. The van der Waals surface area contributed by atoms with Crippen molar-refractivity contribution >= 4 is 19.7 Å². The number of hydrogen-bond acceptors (Lipinski definition) is 7. The molecular formula is C27H27N2O7P. The number of esters is 1. The Hall–Kier alpha value is -3.96. The Balaban J connectivity index is 1.57. The van der Waals surface area contributed by atoms with E-state index in [1.54, 1.807) is 72.8 Å². The van der Waals surface area contributed by atoms with Gasteiger partial charge >= 0.3 is 19.7 Å². The van der Waals surface area contributed by atoms with Crippen LogP contribution in [0.2, 0.25) is 0 Å². The zero-order valence-electron chi connectivity index (χ0n) is 20.0. The summed E-state index contributed by atoms with van der Waals surface area (Å²) in [5.41, 5.74) is 2.57. The van der Waals surface area contributed by atoms with Crippen LogP contribution in [0.25, 0.3) is 0 Å². The second-order valence-corrected chi connectivity index (χ2v) is 10.1. The van der Waals surface area contributed by atoms with Gasteiger partial charge in [0.25, 0.3) is 0 Å². The molecule has 2 atom stereocenters. The number of carbonyl (C=O) groups excluding carboxylic acids is 2. The zero-order valence-corrected chi connectivity index (χ0v) is 20.9. The number of nitriles is 1. The van der Waals surface area contributed by atoms with Crippen LogP contribution < -0.4 is 5.32 Å². The quantitative estimate of drug-likeness (QED) is 0.258. The van der Waals surface area contributed by atoms with Gasteiger partial charge in [0.2, 0.25) is 0 Å². The van der Waals surface area contributed by atoms with E-state index in [0.717, 1.165) is 11.1 Å². The summed E-state index contributed by atoms with van der Waals surface area (Å²) in [5, 5.41) is 11.3. The molecule has 3 aromatic carbocycles. The first-order chi connectivity index (χ1) is 17.8. The molecule has 0 saturated heterocycles. The number of benzene rings is 3. The summed E-state index contributed by atoms with van der Waals surface area (Å²) in [6.07, 6.45) is -1.49. The molecule has 0 heterocycles. The summed E-state index contributed by atoms with van der Waals surface area (Å²) in [5.74, 6) is -0.771. The molecule has 0 saturated carbocycles. The van der Waals surface area contributed by atoms with Crippen molar-refractivity contribution in [1.82, 2.24) is 5.32 Å². The molecule has 37 heavy (non-hydrogen) atoms. The largest absolute Gasteiger partial charge is 0.459 e. The molecule has 0 aliphatic carbocycles. The molecule has 192 valence electrons. The number of nitrogens with one attached hydrogen (secondary N) is 1. The van der Waals surface area contributed by atoms with E-state index in [9.17, 15) is 19.0 Å². The second-order valence-electron chi connectivity index (χ2n) is 8.08. The van der Waals surface area contributed by atoms with Crippen LogP contribution >= 0.6 is 7.60 Å². The highest BCUT2D eigenvalue weighted by Gasteiger charge is 2.28. The number of carbonyl (C=O) groups is 2. The maximum absolute atomic E-state index is 12.8. The molecule has 2 N–H and O–H groups in total. The van der Waals surface area contributed by atoms with E-state index >= 15 is 0 Å². The Bertz CT molecular complexity index is 1250. The van der Waals surface area contributed by atoms with Crippen molar-refractivity contribution in [2.75, 3.05) is 6.16 Å². The Morgan fingerprint density at radius 1 is 0.838 bits per heavy atom. The summed E-state index contributed by atoms with van der Waals surface area (Å²) in [7, 11) is -4.12. The molecule has 0 fully saturated rings. The smallest absolute Gasteiger partial charge is 0.408 e. The van der Waals surface area contributed by atoms with Gasteiger partial charge in [-0.2, -0.15) is 5.26 Å². The predicted molar refractivity (Wildman–Crippen MR) is 135 cm³/mol. The highest BCUT2D eigenvalue weighted by molar-refractivity contribution is 7.52. The molecule has 0 aliphatic heterocycles. The molecule has 0 aliphatic rings. The summed E-state index contributed by atoms with van der Waals surface area (Å²) < 4.78 is 28.3. The Morgan fingerprint density at radius 3 is 1.95 bits per heavy atom. The van der Waals surface area contributed by atoms with Crippen LogP contribution in [0, 0.1) is 11.3 Å². The summed E-state index contributed by atoms with van der Waals surface area (Å²) in [4.78, 5) is 35.4. The van der Waals surface area contributed by atoms with Crippen LogP contribution in [0.15, 0.2) is 84.9 Å². The highest BCUT2D eigenvalue weighted by atomic mass is 31.2. The van der Waals surface area contributed by atoms with Crippen molar-refractivity contribution in [2.24, 2.45) is 0 Å². The topological polar surface area (TPSA) is 135 Å². The van der Waals surface area contributed by atoms with Crippen molar-refractivity contribution in [3.8, 4) is 6.07 Å². The lowest BCUT2D eigenvalue weighted by molar-refractivity contribution is -0.147. The van der Waals surface area contributed by atoms with Crippen LogP contribution in [0.4, 0.5) is 4.79 Å². The first kappa shape index (κ1) is 27.6. The monoisotopic (exact) mass is 522 g/mol. The van der Waals surface area contributed by atoms with Crippen LogP contribution in [0.3, 0.4) is 0 Å². The zero-order chi connectivity index (χ0) is 26.5. The lowest BCUT2D eigenvalue weighted by Gasteiger charge is -2.19. The first-order valence-corrected chi connectivity index (χ1v) is 13.2. The van der Waals surface area contributed by atoms with Gasteiger partial charge < -0.3 is 24.2 Å². The van der Waals surface area contributed by atoms with Gasteiger partial charge in [-0.15, -0.1) is 0 Å². The minimum atomic E-state index is -4.12. The molecule has 3 aromatic rings. The minimum absolute atomic E-state index is 0.00927. The standard InChI is InChI=1S/C27H27N2O7P/c28-17-21-11-13-24(14-12-21)20-36-37(32,33)16-15-25(26(30)34-18-22-7-3-1-4-8-22)29-27(31)35-19-23-9-5-2-6-10-23/h1-14,25H,15-16,18-20H2,(H,29,31)(H,32,33). The number of hydrogen-bond donors (Lipinski definition) is 2. The van der Waals surface area contributed by atoms with Crippen molar-refractivity contribution in [1.29, 1.82) is 5.26 Å².